The van der Waals surface area contributed by atoms with Gasteiger partial charge in [-0.2, -0.15) is 0 Å². The molecule has 0 amide bonds. The van der Waals surface area contributed by atoms with Gasteiger partial charge in [0.1, 0.15) is 22.9 Å². The molecule has 27 heavy (non-hydrogen) atoms. The SMILES string of the molecule is CCOC(=O)c1cccnc1N1CCN(Cc2cc(F)ccc2OC)CC1. The Balaban J connectivity index is 1.66. The maximum atomic E-state index is 13.6. The zero-order valence-corrected chi connectivity index (χ0v) is 15.7. The van der Waals surface area contributed by atoms with Crippen LogP contribution in [0.4, 0.5) is 10.2 Å². The molecule has 0 aliphatic carbocycles. The largest absolute Gasteiger partial charge is 0.496 e. The van der Waals surface area contributed by atoms with Gasteiger partial charge in [-0.25, -0.2) is 14.2 Å². The van der Waals surface area contributed by atoms with E-state index in [1.807, 2.05) is 0 Å². The maximum absolute atomic E-state index is 13.6. The second-order valence-electron chi connectivity index (χ2n) is 6.31. The predicted octanol–water partition coefficient (Wildman–Crippen LogP) is 2.73. The van der Waals surface area contributed by atoms with Crippen LogP contribution in [0.5, 0.6) is 5.75 Å². The minimum absolute atomic E-state index is 0.267. The number of hydrogen-bond acceptors (Lipinski definition) is 6. The van der Waals surface area contributed by atoms with Crippen molar-refractivity contribution in [2.24, 2.45) is 0 Å². The van der Waals surface area contributed by atoms with Crippen LogP contribution in [0.2, 0.25) is 0 Å². The minimum Gasteiger partial charge on any atom is -0.496 e. The Kier molecular flexibility index (Phi) is 6.24. The normalized spacial score (nSPS) is 14.9. The van der Waals surface area contributed by atoms with Crippen LogP contribution >= 0.6 is 0 Å². The lowest BCUT2D eigenvalue weighted by molar-refractivity contribution is 0.0526. The number of benzene rings is 1. The Hall–Kier alpha value is -2.67. The third-order valence-corrected chi connectivity index (χ3v) is 4.59. The Morgan fingerprint density at radius 2 is 2.00 bits per heavy atom. The van der Waals surface area contributed by atoms with Crippen LogP contribution in [-0.2, 0) is 11.3 Å². The molecule has 1 aliphatic rings. The van der Waals surface area contributed by atoms with E-state index in [2.05, 4.69) is 14.8 Å². The van der Waals surface area contributed by atoms with E-state index >= 15 is 0 Å². The van der Waals surface area contributed by atoms with Crippen molar-refractivity contribution in [3.05, 3.63) is 53.5 Å². The van der Waals surface area contributed by atoms with Gasteiger partial charge in [0.2, 0.25) is 0 Å². The summed E-state index contributed by atoms with van der Waals surface area (Å²) in [5.74, 6) is 0.719. The molecule has 0 bridgehead atoms. The standard InChI is InChI=1S/C20H24FN3O3/c1-3-27-20(25)17-5-4-8-22-19(17)24-11-9-23(10-12-24)14-15-13-16(21)6-7-18(15)26-2/h4-8,13H,3,9-12,14H2,1-2H3. The Morgan fingerprint density at radius 3 is 2.70 bits per heavy atom. The number of piperazine rings is 1. The van der Waals surface area contributed by atoms with Crippen LogP contribution in [0.3, 0.4) is 0 Å². The highest BCUT2D eigenvalue weighted by molar-refractivity contribution is 5.94. The van der Waals surface area contributed by atoms with Gasteiger partial charge in [-0.3, -0.25) is 4.90 Å². The average Bonchev–Trinajstić information content (AvgIpc) is 2.69. The highest BCUT2D eigenvalue weighted by Crippen LogP contribution is 2.24. The summed E-state index contributed by atoms with van der Waals surface area (Å²) >= 11 is 0. The van der Waals surface area contributed by atoms with Gasteiger partial charge < -0.3 is 14.4 Å². The summed E-state index contributed by atoms with van der Waals surface area (Å²) < 4.78 is 24.0. The van der Waals surface area contributed by atoms with Gasteiger partial charge in [0.15, 0.2) is 0 Å². The van der Waals surface area contributed by atoms with Crippen molar-refractivity contribution in [1.82, 2.24) is 9.88 Å². The third kappa shape index (κ3) is 4.54. The molecular formula is C20H24FN3O3. The first-order valence-corrected chi connectivity index (χ1v) is 9.04. The lowest BCUT2D eigenvalue weighted by Gasteiger charge is -2.36. The number of anilines is 1. The molecule has 2 heterocycles. The lowest BCUT2D eigenvalue weighted by atomic mass is 10.1. The van der Waals surface area contributed by atoms with Gasteiger partial charge in [-0.05, 0) is 37.3 Å². The number of hydrogen-bond donors (Lipinski definition) is 0. The van der Waals surface area contributed by atoms with Crippen LogP contribution in [0.15, 0.2) is 36.5 Å². The van der Waals surface area contributed by atoms with Crippen molar-refractivity contribution in [2.45, 2.75) is 13.5 Å². The quantitative estimate of drug-likeness (QED) is 0.726. The van der Waals surface area contributed by atoms with Crippen molar-refractivity contribution in [1.29, 1.82) is 0 Å². The monoisotopic (exact) mass is 373 g/mol. The van der Waals surface area contributed by atoms with Crippen LogP contribution in [0.25, 0.3) is 0 Å². The van der Waals surface area contributed by atoms with E-state index in [9.17, 15) is 9.18 Å². The number of halogens is 1. The zero-order chi connectivity index (χ0) is 19.2. The molecule has 0 unspecified atom stereocenters. The van der Waals surface area contributed by atoms with Crippen molar-refractivity contribution >= 4 is 11.8 Å². The van der Waals surface area contributed by atoms with Gasteiger partial charge in [-0.1, -0.05) is 0 Å². The first-order chi connectivity index (χ1) is 13.1. The van der Waals surface area contributed by atoms with E-state index in [1.54, 1.807) is 38.4 Å². The summed E-state index contributed by atoms with van der Waals surface area (Å²) in [6.45, 7) is 5.73. The smallest absolute Gasteiger partial charge is 0.341 e. The van der Waals surface area contributed by atoms with Crippen LogP contribution in [0.1, 0.15) is 22.8 Å². The molecule has 1 aromatic heterocycles. The van der Waals surface area contributed by atoms with E-state index in [-0.39, 0.29) is 11.8 Å². The van der Waals surface area contributed by atoms with Crippen molar-refractivity contribution in [3.63, 3.8) is 0 Å². The molecule has 3 rings (SSSR count). The summed E-state index contributed by atoms with van der Waals surface area (Å²) in [5.41, 5.74) is 1.32. The molecule has 144 valence electrons. The van der Waals surface area contributed by atoms with E-state index in [0.29, 0.717) is 30.3 Å². The number of pyridine rings is 1. The highest BCUT2D eigenvalue weighted by Gasteiger charge is 2.23. The number of esters is 1. The van der Waals surface area contributed by atoms with E-state index < -0.39 is 0 Å². The molecule has 1 aromatic carbocycles. The molecule has 7 heteroatoms. The molecule has 1 aliphatic heterocycles. The summed E-state index contributed by atoms with van der Waals surface area (Å²) in [4.78, 5) is 20.9. The molecule has 1 saturated heterocycles. The molecule has 0 radical (unpaired) electrons. The molecular weight excluding hydrogens is 349 g/mol. The molecule has 1 fully saturated rings. The van der Waals surface area contributed by atoms with Gasteiger partial charge >= 0.3 is 5.97 Å². The fourth-order valence-corrected chi connectivity index (χ4v) is 3.25. The van der Waals surface area contributed by atoms with Gasteiger partial charge in [0.05, 0.1) is 13.7 Å². The number of carbonyl (C=O) groups is 1. The number of methoxy groups -OCH3 is 1. The maximum Gasteiger partial charge on any atom is 0.341 e. The number of rotatable bonds is 6. The van der Waals surface area contributed by atoms with Crippen LogP contribution in [-0.4, -0.2) is 55.7 Å². The third-order valence-electron chi connectivity index (χ3n) is 4.59. The zero-order valence-electron chi connectivity index (χ0n) is 15.7. The number of carbonyl (C=O) groups excluding carboxylic acids is 1. The van der Waals surface area contributed by atoms with Crippen molar-refractivity contribution < 1.29 is 18.7 Å². The Morgan fingerprint density at radius 1 is 1.22 bits per heavy atom. The molecule has 0 N–H and O–H groups in total. The average molecular weight is 373 g/mol. The number of nitrogens with zero attached hydrogens (tertiary/aromatic N) is 3. The van der Waals surface area contributed by atoms with Crippen molar-refractivity contribution in [3.8, 4) is 5.75 Å². The lowest BCUT2D eigenvalue weighted by Crippen LogP contribution is -2.46. The van der Waals surface area contributed by atoms with Gasteiger partial charge in [-0.15, -0.1) is 0 Å². The van der Waals surface area contributed by atoms with Crippen LogP contribution in [0, 0.1) is 5.82 Å². The summed E-state index contributed by atoms with van der Waals surface area (Å²) in [7, 11) is 1.59. The molecule has 0 spiro atoms. The predicted molar refractivity (Wildman–Crippen MR) is 101 cm³/mol. The van der Waals surface area contributed by atoms with E-state index in [4.69, 9.17) is 9.47 Å². The molecule has 0 atom stereocenters. The summed E-state index contributed by atoms with van der Waals surface area (Å²) in [6.07, 6.45) is 1.68. The van der Waals surface area contributed by atoms with Crippen molar-refractivity contribution in [2.75, 3.05) is 44.8 Å². The van der Waals surface area contributed by atoms with Crippen LogP contribution < -0.4 is 9.64 Å². The fraction of sp³-hybridized carbons (Fsp3) is 0.400. The first-order valence-electron chi connectivity index (χ1n) is 9.04. The summed E-state index contributed by atoms with van der Waals surface area (Å²) in [5, 5.41) is 0. The fourth-order valence-electron chi connectivity index (χ4n) is 3.25. The van der Waals surface area contributed by atoms with Gasteiger partial charge in [0, 0.05) is 44.5 Å². The molecule has 6 nitrogen and oxygen atoms in total. The highest BCUT2D eigenvalue weighted by atomic mass is 19.1. The minimum atomic E-state index is -0.354. The molecule has 2 aromatic rings. The Labute approximate surface area is 158 Å². The second kappa shape index (κ2) is 8.81. The van der Waals surface area contributed by atoms with E-state index in [1.165, 1.54) is 12.1 Å². The topological polar surface area (TPSA) is 54.9 Å². The first kappa shape index (κ1) is 19.1. The second-order valence-corrected chi connectivity index (χ2v) is 6.31. The number of aromatic nitrogens is 1. The number of ether oxygens (including phenoxy) is 2. The van der Waals surface area contributed by atoms with Gasteiger partial charge in [0.25, 0.3) is 0 Å². The molecule has 0 saturated carbocycles. The summed E-state index contributed by atoms with van der Waals surface area (Å²) in [6, 6.07) is 8.05. The van der Waals surface area contributed by atoms with E-state index in [0.717, 1.165) is 31.7 Å². The Bertz CT molecular complexity index is 792.